The van der Waals surface area contributed by atoms with Crippen LogP contribution in [-0.4, -0.2) is 12.4 Å². The van der Waals surface area contributed by atoms with Gasteiger partial charge in [0.15, 0.2) is 0 Å². The molecule has 3 rings (SSSR count). The molecule has 0 aromatic rings. The van der Waals surface area contributed by atoms with Gasteiger partial charge in [0.05, 0.1) is 0 Å². The zero-order valence-electron chi connectivity index (χ0n) is 5.00. The van der Waals surface area contributed by atoms with Crippen molar-refractivity contribution in [2.45, 2.75) is 25.2 Å². The molecule has 0 saturated carbocycles. The first-order chi connectivity index (χ1) is 4.36. The summed E-state index contributed by atoms with van der Waals surface area (Å²) in [6, 6.07) is 0. The smallest absolute Gasteiger partial charge is 0.230 e. The van der Waals surface area contributed by atoms with Gasteiger partial charge in [-0.25, -0.2) is 4.89 Å². The van der Waals surface area contributed by atoms with E-state index in [1.807, 2.05) is 0 Å². The second-order valence-corrected chi connectivity index (χ2v) is 2.27. The highest BCUT2D eigenvalue weighted by Crippen LogP contribution is 2.30. The fraction of sp³-hybridized carbons (Fsp3) is 0.667. The zero-order valence-corrected chi connectivity index (χ0v) is 5.00. The maximum atomic E-state index is 5.14. The van der Waals surface area contributed by atoms with Crippen LogP contribution in [0.3, 0.4) is 0 Å². The molecule has 2 bridgehead atoms. The quantitative estimate of drug-likeness (QED) is 0.455. The molecule has 0 aromatic heterocycles. The first kappa shape index (κ1) is 5.26. The average Bonchev–Trinajstić information content (AvgIpc) is 1.90. The van der Waals surface area contributed by atoms with Gasteiger partial charge in [-0.1, -0.05) is 6.58 Å². The van der Waals surface area contributed by atoms with Gasteiger partial charge in [-0.2, -0.15) is 4.89 Å². The summed E-state index contributed by atoms with van der Waals surface area (Å²) in [5.74, 6) is 0.706. The number of rotatable bonds is 0. The third-order valence-corrected chi connectivity index (χ3v) is 1.59. The average molecular weight is 128 g/mol. The van der Waals surface area contributed by atoms with Crippen LogP contribution in [0, 0.1) is 0 Å². The Morgan fingerprint density at radius 2 is 2.22 bits per heavy atom. The van der Waals surface area contributed by atoms with Gasteiger partial charge in [0, 0.05) is 6.42 Å². The summed E-state index contributed by atoms with van der Waals surface area (Å²) >= 11 is 0. The summed E-state index contributed by atoms with van der Waals surface area (Å²) in [6.45, 7) is 3.67. The van der Waals surface area contributed by atoms with Crippen LogP contribution in [0.15, 0.2) is 12.3 Å². The van der Waals surface area contributed by atoms with Crippen molar-refractivity contribution in [1.29, 1.82) is 0 Å². The summed E-state index contributed by atoms with van der Waals surface area (Å²) in [4.78, 5) is 9.63. The highest BCUT2D eigenvalue weighted by molar-refractivity contribution is 4.97. The normalized spacial score (nSPS) is 40.7. The molecule has 0 amide bonds. The van der Waals surface area contributed by atoms with Gasteiger partial charge in [0.2, 0.25) is 6.29 Å². The van der Waals surface area contributed by atoms with Gasteiger partial charge in [0.1, 0.15) is 11.9 Å². The predicted molar refractivity (Wildman–Crippen MR) is 29.2 cm³/mol. The van der Waals surface area contributed by atoms with Crippen molar-refractivity contribution >= 4 is 0 Å². The number of hydrogen-bond donors (Lipinski definition) is 0. The molecule has 0 aromatic carbocycles. The van der Waals surface area contributed by atoms with Crippen molar-refractivity contribution in [1.82, 2.24) is 0 Å². The van der Waals surface area contributed by atoms with Crippen molar-refractivity contribution in [3.63, 3.8) is 0 Å². The lowest BCUT2D eigenvalue weighted by Gasteiger charge is -2.35. The lowest BCUT2D eigenvalue weighted by atomic mass is 10.1. The summed E-state index contributed by atoms with van der Waals surface area (Å²) in [5.41, 5.74) is 0. The summed E-state index contributed by atoms with van der Waals surface area (Å²) in [6.07, 6.45) is 1.69. The highest BCUT2D eigenvalue weighted by Gasteiger charge is 2.34. The van der Waals surface area contributed by atoms with Crippen molar-refractivity contribution < 1.29 is 14.5 Å². The maximum absolute atomic E-state index is 5.14. The van der Waals surface area contributed by atoms with Crippen molar-refractivity contribution in [2.24, 2.45) is 0 Å². The van der Waals surface area contributed by atoms with E-state index in [-0.39, 0.29) is 12.4 Å². The molecule has 9 heavy (non-hydrogen) atoms. The van der Waals surface area contributed by atoms with E-state index < -0.39 is 0 Å². The standard InChI is InChI=1S/C6H8O3/c1-4-5-2-3-6(7-4)9-8-5/h5-6H,1-3H2. The predicted octanol–water partition coefficient (Wildman–Crippen LogP) is 0.967. The molecule has 3 aliphatic heterocycles. The SMILES string of the molecule is C=C1OC2CCC1OO2. The van der Waals surface area contributed by atoms with E-state index in [0.717, 1.165) is 12.8 Å². The fourth-order valence-electron chi connectivity index (χ4n) is 1.05. The van der Waals surface area contributed by atoms with Crippen LogP contribution in [-0.2, 0) is 14.5 Å². The number of ether oxygens (including phenoxy) is 1. The zero-order chi connectivity index (χ0) is 6.27. The Labute approximate surface area is 53.1 Å². The lowest BCUT2D eigenvalue weighted by Crippen LogP contribution is -2.38. The summed E-state index contributed by atoms with van der Waals surface area (Å²) in [7, 11) is 0. The van der Waals surface area contributed by atoms with E-state index in [1.54, 1.807) is 0 Å². The Kier molecular flexibility index (Phi) is 1.00. The second kappa shape index (κ2) is 1.72. The van der Waals surface area contributed by atoms with Gasteiger partial charge < -0.3 is 4.74 Å². The lowest BCUT2D eigenvalue weighted by molar-refractivity contribution is -0.445. The van der Waals surface area contributed by atoms with Crippen LogP contribution in [0.4, 0.5) is 0 Å². The van der Waals surface area contributed by atoms with Crippen LogP contribution in [0.25, 0.3) is 0 Å². The van der Waals surface area contributed by atoms with Gasteiger partial charge >= 0.3 is 0 Å². The van der Waals surface area contributed by atoms with Crippen LogP contribution < -0.4 is 0 Å². The van der Waals surface area contributed by atoms with E-state index in [1.165, 1.54) is 0 Å². The molecule has 2 atom stereocenters. The van der Waals surface area contributed by atoms with E-state index in [2.05, 4.69) is 6.58 Å². The molecule has 0 radical (unpaired) electrons. The Bertz CT molecular complexity index is 135. The monoisotopic (exact) mass is 128 g/mol. The molecular weight excluding hydrogens is 120 g/mol. The molecule has 3 heterocycles. The van der Waals surface area contributed by atoms with Crippen LogP contribution in [0.5, 0.6) is 0 Å². The fourth-order valence-corrected chi connectivity index (χ4v) is 1.05. The van der Waals surface area contributed by atoms with E-state index in [4.69, 9.17) is 14.5 Å². The van der Waals surface area contributed by atoms with E-state index >= 15 is 0 Å². The van der Waals surface area contributed by atoms with Crippen LogP contribution in [0.1, 0.15) is 12.8 Å². The van der Waals surface area contributed by atoms with Crippen LogP contribution in [0.2, 0.25) is 0 Å². The Hall–Kier alpha value is -0.540. The molecular formula is C6H8O3. The molecule has 3 nitrogen and oxygen atoms in total. The third-order valence-electron chi connectivity index (χ3n) is 1.59. The minimum Gasteiger partial charge on any atom is -0.464 e. The highest BCUT2D eigenvalue weighted by atomic mass is 17.2. The molecule has 3 aliphatic rings. The van der Waals surface area contributed by atoms with Gasteiger partial charge in [-0.05, 0) is 6.42 Å². The second-order valence-electron chi connectivity index (χ2n) is 2.27. The van der Waals surface area contributed by atoms with Gasteiger partial charge in [-0.3, -0.25) is 0 Å². The molecule has 50 valence electrons. The maximum Gasteiger partial charge on any atom is 0.230 e. The first-order valence-corrected chi connectivity index (χ1v) is 3.04. The van der Waals surface area contributed by atoms with E-state index in [0.29, 0.717) is 5.76 Å². The van der Waals surface area contributed by atoms with Crippen molar-refractivity contribution in [3.8, 4) is 0 Å². The van der Waals surface area contributed by atoms with E-state index in [9.17, 15) is 0 Å². The Balaban J connectivity index is 2.15. The molecule has 3 saturated heterocycles. The third kappa shape index (κ3) is 0.730. The van der Waals surface area contributed by atoms with Crippen LogP contribution >= 0.6 is 0 Å². The minimum atomic E-state index is -0.192. The summed E-state index contributed by atoms with van der Waals surface area (Å²) < 4.78 is 5.14. The number of hydrogen-bond acceptors (Lipinski definition) is 3. The minimum absolute atomic E-state index is 0.0185. The molecule has 0 aliphatic carbocycles. The first-order valence-electron chi connectivity index (χ1n) is 3.04. The Morgan fingerprint density at radius 3 is 2.44 bits per heavy atom. The van der Waals surface area contributed by atoms with Gasteiger partial charge in [-0.15, -0.1) is 0 Å². The molecule has 3 fully saturated rings. The van der Waals surface area contributed by atoms with Gasteiger partial charge in [0.25, 0.3) is 0 Å². The molecule has 0 spiro atoms. The molecule has 2 unspecified atom stereocenters. The number of fused-ring (bicyclic) bond motifs is 3. The van der Waals surface area contributed by atoms with Crippen molar-refractivity contribution in [2.75, 3.05) is 0 Å². The van der Waals surface area contributed by atoms with Crippen molar-refractivity contribution in [3.05, 3.63) is 12.3 Å². The topological polar surface area (TPSA) is 27.7 Å². The molecule has 0 N–H and O–H groups in total. The Morgan fingerprint density at radius 1 is 1.33 bits per heavy atom. The summed E-state index contributed by atoms with van der Waals surface area (Å²) in [5, 5.41) is 0. The molecule has 3 heteroatoms. The largest absolute Gasteiger partial charge is 0.464 e.